The third-order valence-electron chi connectivity index (χ3n) is 8.73. The van der Waals surface area contributed by atoms with E-state index in [1.807, 2.05) is 18.0 Å². The van der Waals surface area contributed by atoms with Crippen molar-refractivity contribution in [1.29, 1.82) is 0 Å². The molecule has 2 N–H and O–H groups in total. The molecule has 3 aromatic rings. The number of nitrogens with zero attached hydrogens (tertiary/aromatic N) is 2. The molecule has 2 bridgehead atoms. The van der Waals surface area contributed by atoms with E-state index in [1.54, 1.807) is 12.1 Å². The number of likely N-dealkylation sites (N-methyl/N-ethyl adjacent to an activating group) is 1. The maximum absolute atomic E-state index is 13.6. The molecule has 0 saturated heterocycles. The molecule has 184 valence electrons. The van der Waals surface area contributed by atoms with Crippen LogP contribution in [0.15, 0.2) is 36.4 Å². The molecule has 2 saturated carbocycles. The van der Waals surface area contributed by atoms with E-state index in [1.165, 1.54) is 60.3 Å². The quantitative estimate of drug-likeness (QED) is 0.425. The summed E-state index contributed by atoms with van der Waals surface area (Å²) in [6.45, 7) is 2.28. The second-order valence-electron chi connectivity index (χ2n) is 11.1. The largest absolute Gasteiger partial charge is 0.508 e. The second kappa shape index (κ2) is 8.47. The average Bonchev–Trinajstić information content (AvgIpc) is 3.57. The predicted octanol–water partition coefficient (Wildman–Crippen LogP) is 6.70. The molecule has 1 heterocycles. The van der Waals surface area contributed by atoms with Crippen LogP contribution in [0.3, 0.4) is 0 Å². The van der Waals surface area contributed by atoms with Gasteiger partial charge in [-0.2, -0.15) is 0 Å². The zero-order chi connectivity index (χ0) is 24.3. The van der Waals surface area contributed by atoms with Gasteiger partial charge in [0.2, 0.25) is 0 Å². The van der Waals surface area contributed by atoms with Gasteiger partial charge in [-0.25, -0.2) is 14.2 Å². The summed E-state index contributed by atoms with van der Waals surface area (Å²) < 4.78 is 14.5. The first-order valence-corrected chi connectivity index (χ1v) is 13.6. The van der Waals surface area contributed by atoms with Crippen molar-refractivity contribution in [2.75, 3.05) is 12.4 Å². The number of urea groups is 1. The van der Waals surface area contributed by atoms with Crippen LogP contribution in [0.4, 0.5) is 14.3 Å². The second-order valence-corrected chi connectivity index (χ2v) is 12.1. The Balaban J connectivity index is 1.34. The minimum Gasteiger partial charge on any atom is -0.508 e. The molecular formula is C28H32FN3O2S. The van der Waals surface area contributed by atoms with Crippen LogP contribution in [-0.2, 0) is 11.8 Å². The minimum atomic E-state index is -0.333. The Morgan fingerprint density at radius 1 is 1.26 bits per heavy atom. The van der Waals surface area contributed by atoms with Gasteiger partial charge in [0.1, 0.15) is 11.6 Å². The number of benzene rings is 2. The van der Waals surface area contributed by atoms with Crippen molar-refractivity contribution in [3.8, 4) is 5.75 Å². The summed E-state index contributed by atoms with van der Waals surface area (Å²) in [5, 5.41) is 13.8. The van der Waals surface area contributed by atoms with Crippen molar-refractivity contribution in [2.24, 2.45) is 17.8 Å². The molecule has 5 nitrogen and oxygen atoms in total. The number of carbonyl (C=O) groups is 1. The number of hydrogen-bond acceptors (Lipinski definition) is 4. The molecule has 2 fully saturated rings. The summed E-state index contributed by atoms with van der Waals surface area (Å²) in [5.74, 6) is 1.76. The van der Waals surface area contributed by atoms with Crippen LogP contribution in [0.25, 0.3) is 10.2 Å². The molecule has 1 aromatic heterocycles. The first-order chi connectivity index (χ1) is 16.8. The van der Waals surface area contributed by atoms with E-state index in [0.29, 0.717) is 22.5 Å². The maximum atomic E-state index is 13.6. The molecule has 3 aliphatic carbocycles. The van der Waals surface area contributed by atoms with E-state index >= 15 is 0 Å². The number of thiazole rings is 1. The molecule has 35 heavy (non-hydrogen) atoms. The third-order valence-corrected chi connectivity index (χ3v) is 9.69. The molecule has 3 aliphatic rings. The molecule has 2 amide bonds. The Bertz CT molecular complexity index is 1290. The predicted molar refractivity (Wildman–Crippen MR) is 137 cm³/mol. The molecule has 4 atom stereocenters. The summed E-state index contributed by atoms with van der Waals surface area (Å²) >= 11 is 1.36. The lowest BCUT2D eigenvalue weighted by Crippen LogP contribution is -2.58. The normalized spacial score (nSPS) is 27.8. The van der Waals surface area contributed by atoms with E-state index in [-0.39, 0.29) is 29.1 Å². The Labute approximate surface area is 209 Å². The highest BCUT2D eigenvalue weighted by Crippen LogP contribution is 2.53. The Morgan fingerprint density at radius 2 is 2.09 bits per heavy atom. The lowest BCUT2D eigenvalue weighted by Gasteiger charge is -2.51. The van der Waals surface area contributed by atoms with E-state index in [9.17, 15) is 14.3 Å². The summed E-state index contributed by atoms with van der Waals surface area (Å²) in [6, 6.07) is 10.2. The number of phenols is 1. The van der Waals surface area contributed by atoms with Gasteiger partial charge in [-0.15, -0.1) is 0 Å². The molecule has 6 rings (SSSR count). The minimum absolute atomic E-state index is 0.0230. The van der Waals surface area contributed by atoms with Crippen molar-refractivity contribution in [3.63, 3.8) is 0 Å². The number of aromatic hydroxyl groups is 1. The summed E-state index contributed by atoms with van der Waals surface area (Å²) in [5.41, 5.74) is 2.82. The van der Waals surface area contributed by atoms with Gasteiger partial charge in [0, 0.05) is 24.6 Å². The van der Waals surface area contributed by atoms with E-state index in [4.69, 9.17) is 0 Å². The van der Waals surface area contributed by atoms with E-state index in [2.05, 4.69) is 23.3 Å². The fraction of sp³-hybridized carbons (Fsp3) is 0.500. The number of carbonyl (C=O) groups excluding carboxylic acids is 1. The molecule has 2 aromatic carbocycles. The first-order valence-electron chi connectivity index (χ1n) is 12.7. The highest BCUT2D eigenvalue weighted by molar-refractivity contribution is 7.22. The van der Waals surface area contributed by atoms with Crippen LogP contribution >= 0.6 is 11.3 Å². The van der Waals surface area contributed by atoms with Crippen LogP contribution in [0, 0.1) is 23.6 Å². The monoisotopic (exact) mass is 493 g/mol. The first kappa shape index (κ1) is 22.8. The fourth-order valence-corrected chi connectivity index (χ4v) is 7.81. The molecule has 0 radical (unpaired) electrons. The number of amides is 2. The van der Waals surface area contributed by atoms with Gasteiger partial charge in [-0.3, -0.25) is 5.32 Å². The highest BCUT2D eigenvalue weighted by atomic mass is 32.1. The van der Waals surface area contributed by atoms with Gasteiger partial charge in [0.25, 0.3) is 0 Å². The lowest BCUT2D eigenvalue weighted by atomic mass is 9.60. The Kier molecular flexibility index (Phi) is 5.51. The van der Waals surface area contributed by atoms with Crippen molar-refractivity contribution in [2.45, 2.75) is 63.3 Å². The van der Waals surface area contributed by atoms with Crippen molar-refractivity contribution in [1.82, 2.24) is 9.88 Å². The summed E-state index contributed by atoms with van der Waals surface area (Å²) in [7, 11) is 1.91. The average molecular weight is 494 g/mol. The Hall–Kier alpha value is -2.67. The molecule has 0 spiro atoms. The van der Waals surface area contributed by atoms with E-state index < -0.39 is 0 Å². The van der Waals surface area contributed by atoms with Crippen molar-refractivity contribution < 1.29 is 14.3 Å². The highest BCUT2D eigenvalue weighted by Gasteiger charge is 2.52. The van der Waals surface area contributed by atoms with Crippen LogP contribution < -0.4 is 5.32 Å². The van der Waals surface area contributed by atoms with Crippen LogP contribution in [0.1, 0.15) is 56.6 Å². The van der Waals surface area contributed by atoms with Gasteiger partial charge in [0.15, 0.2) is 5.13 Å². The summed E-state index contributed by atoms with van der Waals surface area (Å²) in [4.78, 5) is 20.0. The van der Waals surface area contributed by atoms with Crippen LogP contribution in [0.2, 0.25) is 0 Å². The lowest BCUT2D eigenvalue weighted by molar-refractivity contribution is 0.0852. The zero-order valence-electron chi connectivity index (χ0n) is 20.3. The molecule has 4 unspecified atom stereocenters. The molecule has 0 aliphatic heterocycles. The Morgan fingerprint density at radius 3 is 2.89 bits per heavy atom. The zero-order valence-corrected chi connectivity index (χ0v) is 21.1. The fourth-order valence-electron chi connectivity index (χ4n) is 6.97. The number of aromatic nitrogens is 1. The maximum Gasteiger partial charge on any atom is 0.323 e. The van der Waals surface area contributed by atoms with Gasteiger partial charge >= 0.3 is 6.03 Å². The van der Waals surface area contributed by atoms with Crippen LogP contribution in [0.5, 0.6) is 5.75 Å². The van der Waals surface area contributed by atoms with E-state index in [0.717, 1.165) is 29.9 Å². The van der Waals surface area contributed by atoms with Gasteiger partial charge in [-0.05, 0) is 72.4 Å². The standard InChI is InChI=1S/C28H32FN3O2S/c1-28-11-3-4-17(12-16-5-6-16)21(13-18-7-9-20(33)15-22(18)28)25(28)32(2)27(34)31-26-30-23-14-19(29)8-10-24(23)35-26/h7-10,14-17,21,25,33H,3-6,11-13H2,1-2H3,(H,30,31,34). The summed E-state index contributed by atoms with van der Waals surface area (Å²) in [6.07, 6.45) is 8.19. The smallest absolute Gasteiger partial charge is 0.323 e. The number of anilines is 1. The van der Waals surface area contributed by atoms with Gasteiger partial charge in [0.05, 0.1) is 10.2 Å². The topological polar surface area (TPSA) is 65.5 Å². The number of rotatable bonds is 4. The van der Waals surface area contributed by atoms with Gasteiger partial charge in [-0.1, -0.05) is 50.0 Å². The number of phenolic OH excluding ortho intramolecular Hbond substituents is 1. The molecular weight excluding hydrogens is 461 g/mol. The third kappa shape index (κ3) is 4.07. The van der Waals surface area contributed by atoms with Crippen LogP contribution in [-0.4, -0.2) is 34.1 Å². The van der Waals surface area contributed by atoms with Crippen molar-refractivity contribution in [3.05, 3.63) is 53.3 Å². The number of nitrogens with one attached hydrogen (secondary N) is 1. The SMILES string of the molecule is CN(C(=O)Nc1nc2cc(F)ccc2s1)C1C2Cc3ccc(O)cc3C1(C)CCCC2CC1CC1. The number of fused-ring (bicyclic) bond motifs is 5. The number of hydrogen-bond donors (Lipinski definition) is 2. The molecule has 7 heteroatoms. The van der Waals surface area contributed by atoms with Crippen molar-refractivity contribution >= 4 is 32.7 Å². The number of halogens is 1. The van der Waals surface area contributed by atoms with Gasteiger partial charge < -0.3 is 10.0 Å².